The molecular formula is C18H24N2O2. The molecule has 0 fully saturated rings. The van der Waals surface area contributed by atoms with Gasteiger partial charge in [0.1, 0.15) is 0 Å². The van der Waals surface area contributed by atoms with Crippen LogP contribution in [0.3, 0.4) is 0 Å². The van der Waals surface area contributed by atoms with E-state index in [-0.39, 0.29) is 18.4 Å². The molecule has 0 radical (unpaired) electrons. The Kier molecular flexibility index (Phi) is 6.42. The van der Waals surface area contributed by atoms with Gasteiger partial charge in [0.15, 0.2) is 0 Å². The molecule has 118 valence electrons. The van der Waals surface area contributed by atoms with E-state index in [0.717, 1.165) is 22.3 Å². The van der Waals surface area contributed by atoms with E-state index in [0.29, 0.717) is 11.6 Å². The number of hydrogen-bond donors (Lipinski definition) is 0. The van der Waals surface area contributed by atoms with Crippen LogP contribution in [0.5, 0.6) is 0 Å². The van der Waals surface area contributed by atoms with Crippen molar-refractivity contribution >= 4 is 17.8 Å². The third-order valence-electron chi connectivity index (χ3n) is 3.79. The van der Waals surface area contributed by atoms with E-state index in [1.54, 1.807) is 12.2 Å². The van der Waals surface area contributed by atoms with Gasteiger partial charge in [-0.3, -0.25) is 0 Å². The SMILES string of the molecule is CC(C)c1cc(C(C)C)c(N=C=O)c(C(C)C)c1CN=C=O. The fourth-order valence-corrected chi connectivity index (χ4v) is 2.81. The second-order valence-electron chi connectivity index (χ2n) is 6.37. The predicted octanol–water partition coefficient (Wildman–Crippen LogP) is 4.86. The highest BCUT2D eigenvalue weighted by molar-refractivity contribution is 5.65. The van der Waals surface area contributed by atoms with Crippen molar-refractivity contribution in [2.45, 2.75) is 65.8 Å². The third kappa shape index (κ3) is 3.79. The molecule has 0 aliphatic rings. The zero-order valence-corrected chi connectivity index (χ0v) is 14.2. The van der Waals surface area contributed by atoms with E-state index >= 15 is 0 Å². The van der Waals surface area contributed by atoms with Crippen molar-refractivity contribution in [3.05, 3.63) is 28.3 Å². The summed E-state index contributed by atoms with van der Waals surface area (Å²) in [5.41, 5.74) is 4.83. The molecule has 1 aromatic carbocycles. The largest absolute Gasteiger partial charge is 0.240 e. The van der Waals surface area contributed by atoms with E-state index in [9.17, 15) is 9.59 Å². The van der Waals surface area contributed by atoms with Gasteiger partial charge in [0.05, 0.1) is 12.2 Å². The van der Waals surface area contributed by atoms with Crippen LogP contribution in [0.15, 0.2) is 16.1 Å². The van der Waals surface area contributed by atoms with Gasteiger partial charge >= 0.3 is 0 Å². The molecule has 4 nitrogen and oxygen atoms in total. The minimum atomic E-state index is 0.167. The zero-order valence-electron chi connectivity index (χ0n) is 14.2. The summed E-state index contributed by atoms with van der Waals surface area (Å²) in [7, 11) is 0. The van der Waals surface area contributed by atoms with Crippen molar-refractivity contribution in [1.82, 2.24) is 0 Å². The molecule has 1 rings (SSSR count). The zero-order chi connectivity index (χ0) is 16.9. The second-order valence-corrected chi connectivity index (χ2v) is 6.37. The topological polar surface area (TPSA) is 58.9 Å². The minimum Gasteiger partial charge on any atom is -0.211 e. The van der Waals surface area contributed by atoms with Crippen molar-refractivity contribution in [3.8, 4) is 0 Å². The number of hydrogen-bond acceptors (Lipinski definition) is 4. The van der Waals surface area contributed by atoms with Crippen LogP contribution in [0, 0.1) is 0 Å². The van der Waals surface area contributed by atoms with Gasteiger partial charge in [0, 0.05) is 0 Å². The van der Waals surface area contributed by atoms with E-state index in [4.69, 9.17) is 0 Å². The first-order valence-electron chi connectivity index (χ1n) is 7.66. The molecule has 0 amide bonds. The Labute approximate surface area is 132 Å². The van der Waals surface area contributed by atoms with Gasteiger partial charge in [0.25, 0.3) is 0 Å². The summed E-state index contributed by atoms with van der Waals surface area (Å²) >= 11 is 0. The van der Waals surface area contributed by atoms with Crippen LogP contribution in [0.1, 0.15) is 81.5 Å². The highest BCUT2D eigenvalue weighted by atomic mass is 16.1. The van der Waals surface area contributed by atoms with Gasteiger partial charge in [-0.2, -0.15) is 4.99 Å². The Bertz CT molecular complexity index is 633. The van der Waals surface area contributed by atoms with E-state index < -0.39 is 0 Å². The molecule has 0 heterocycles. The van der Waals surface area contributed by atoms with Crippen LogP contribution in [-0.4, -0.2) is 12.2 Å². The Balaban J connectivity index is 3.88. The molecule has 4 heteroatoms. The first-order valence-corrected chi connectivity index (χ1v) is 7.66. The molecule has 0 aliphatic carbocycles. The average molecular weight is 300 g/mol. The molecule has 1 aromatic rings. The number of benzene rings is 1. The highest BCUT2D eigenvalue weighted by Gasteiger charge is 2.22. The van der Waals surface area contributed by atoms with E-state index in [1.165, 1.54) is 0 Å². The van der Waals surface area contributed by atoms with Gasteiger partial charge in [-0.15, -0.1) is 0 Å². The summed E-state index contributed by atoms with van der Waals surface area (Å²) in [6.45, 7) is 12.8. The molecule has 0 spiro atoms. The van der Waals surface area contributed by atoms with Gasteiger partial charge in [0.2, 0.25) is 12.2 Å². The van der Waals surface area contributed by atoms with Crippen LogP contribution in [-0.2, 0) is 16.1 Å². The summed E-state index contributed by atoms with van der Waals surface area (Å²) in [5.74, 6) is 0.701. The second kappa shape index (κ2) is 7.84. The van der Waals surface area contributed by atoms with Crippen LogP contribution >= 0.6 is 0 Å². The number of aliphatic imine (C=N–C) groups is 2. The number of isocyanates is 2. The Morgan fingerprint density at radius 2 is 1.50 bits per heavy atom. The van der Waals surface area contributed by atoms with Crippen molar-refractivity contribution in [3.63, 3.8) is 0 Å². The highest BCUT2D eigenvalue weighted by Crippen LogP contribution is 2.41. The quantitative estimate of drug-likeness (QED) is 0.556. The lowest BCUT2D eigenvalue weighted by Crippen LogP contribution is -2.07. The first kappa shape index (κ1) is 18.0. The molecule has 0 saturated heterocycles. The molecule has 0 atom stereocenters. The van der Waals surface area contributed by atoms with Crippen LogP contribution in [0.2, 0.25) is 0 Å². The molecule has 0 bridgehead atoms. The van der Waals surface area contributed by atoms with Gasteiger partial charge in [-0.05, 0) is 40.0 Å². The maximum absolute atomic E-state index is 10.9. The summed E-state index contributed by atoms with van der Waals surface area (Å²) in [4.78, 5) is 29.2. The summed E-state index contributed by atoms with van der Waals surface area (Å²) < 4.78 is 0. The Hall–Kier alpha value is -2.02. The maximum Gasteiger partial charge on any atom is 0.240 e. The molecule has 22 heavy (non-hydrogen) atoms. The van der Waals surface area contributed by atoms with Gasteiger partial charge in [-0.1, -0.05) is 47.6 Å². The van der Waals surface area contributed by atoms with Crippen LogP contribution in [0.25, 0.3) is 0 Å². The Morgan fingerprint density at radius 1 is 0.909 bits per heavy atom. The first-order chi connectivity index (χ1) is 10.3. The van der Waals surface area contributed by atoms with Gasteiger partial charge in [-0.25, -0.2) is 14.6 Å². The van der Waals surface area contributed by atoms with Crippen molar-refractivity contribution in [2.24, 2.45) is 9.98 Å². The van der Waals surface area contributed by atoms with Crippen LogP contribution < -0.4 is 0 Å². The monoisotopic (exact) mass is 300 g/mol. The predicted molar refractivity (Wildman–Crippen MR) is 88.3 cm³/mol. The minimum absolute atomic E-state index is 0.167. The fraction of sp³-hybridized carbons (Fsp3) is 0.556. The normalized spacial score (nSPS) is 10.8. The number of carbonyl (C=O) groups excluding carboxylic acids is 2. The standard InChI is InChI=1S/C18H24N2O2/c1-11(2)14-7-15(12(3)4)18(20-10-22)17(13(5)6)16(14)8-19-9-21/h7,11-13H,8H2,1-6H3. The van der Waals surface area contributed by atoms with Gasteiger partial charge < -0.3 is 0 Å². The molecule has 0 aliphatic heterocycles. The average Bonchev–Trinajstić information content (AvgIpc) is 2.43. The molecule has 0 N–H and O–H groups in total. The van der Waals surface area contributed by atoms with Crippen molar-refractivity contribution < 1.29 is 9.59 Å². The summed E-state index contributed by atoms with van der Waals surface area (Å²) in [6, 6.07) is 2.09. The lowest BCUT2D eigenvalue weighted by Gasteiger charge is -2.24. The molecule has 0 aromatic heterocycles. The van der Waals surface area contributed by atoms with Crippen LogP contribution in [0.4, 0.5) is 5.69 Å². The molecule has 0 unspecified atom stereocenters. The lowest BCUT2D eigenvalue weighted by atomic mass is 9.82. The van der Waals surface area contributed by atoms with E-state index in [1.807, 2.05) is 0 Å². The number of rotatable bonds is 6. The lowest BCUT2D eigenvalue weighted by molar-refractivity contribution is 0.562. The van der Waals surface area contributed by atoms with Crippen molar-refractivity contribution in [1.29, 1.82) is 0 Å². The molecular weight excluding hydrogens is 276 g/mol. The number of nitrogens with zero attached hydrogens (tertiary/aromatic N) is 2. The third-order valence-corrected chi connectivity index (χ3v) is 3.79. The summed E-state index contributed by atoms with van der Waals surface area (Å²) in [6.07, 6.45) is 3.28. The Morgan fingerprint density at radius 3 is 1.91 bits per heavy atom. The maximum atomic E-state index is 10.9. The van der Waals surface area contributed by atoms with Crippen molar-refractivity contribution in [2.75, 3.05) is 0 Å². The summed E-state index contributed by atoms with van der Waals surface area (Å²) in [5, 5.41) is 0. The molecule has 0 saturated carbocycles. The van der Waals surface area contributed by atoms with E-state index in [2.05, 4.69) is 57.6 Å². The fourth-order valence-electron chi connectivity index (χ4n) is 2.81. The smallest absolute Gasteiger partial charge is 0.211 e.